The van der Waals surface area contributed by atoms with Gasteiger partial charge in [0.15, 0.2) is 5.16 Å². The van der Waals surface area contributed by atoms with Gasteiger partial charge in [-0.05, 0) is 42.7 Å². The molecule has 0 fully saturated rings. The smallest absolute Gasteiger partial charge is 0.266 e. The Morgan fingerprint density at radius 2 is 1.92 bits per heavy atom. The standard InChI is InChI=1S/C20H19N3OS/c1-2-15-9-11-16(12-10-15)23-19(24)17-7-3-4-8-18(17)22-20(23)25-14-6-5-13-21/h3-4,7-12H,2,5-6,14H2,1H3. The third-order valence-corrected chi connectivity index (χ3v) is 5.04. The molecule has 2 aromatic carbocycles. The minimum absolute atomic E-state index is 0.0577. The summed E-state index contributed by atoms with van der Waals surface area (Å²) in [5.74, 6) is 0.755. The van der Waals surface area contributed by atoms with Crippen LogP contribution in [0.2, 0.25) is 0 Å². The summed E-state index contributed by atoms with van der Waals surface area (Å²) in [6, 6.07) is 17.6. The van der Waals surface area contributed by atoms with E-state index in [0.29, 0.717) is 22.5 Å². The molecule has 3 rings (SSSR count). The van der Waals surface area contributed by atoms with Crippen molar-refractivity contribution in [3.63, 3.8) is 0 Å². The lowest BCUT2D eigenvalue weighted by atomic mass is 10.1. The van der Waals surface area contributed by atoms with Crippen molar-refractivity contribution in [1.82, 2.24) is 9.55 Å². The van der Waals surface area contributed by atoms with Gasteiger partial charge in [-0.1, -0.05) is 43.0 Å². The number of thioether (sulfide) groups is 1. The summed E-state index contributed by atoms with van der Waals surface area (Å²) in [5, 5.41) is 9.99. The molecular weight excluding hydrogens is 330 g/mol. The van der Waals surface area contributed by atoms with Crippen LogP contribution in [-0.4, -0.2) is 15.3 Å². The van der Waals surface area contributed by atoms with Gasteiger partial charge in [-0.3, -0.25) is 9.36 Å². The third-order valence-electron chi connectivity index (χ3n) is 4.01. The van der Waals surface area contributed by atoms with Crippen LogP contribution in [-0.2, 0) is 6.42 Å². The zero-order valence-corrected chi connectivity index (χ0v) is 14.9. The normalized spacial score (nSPS) is 10.7. The highest BCUT2D eigenvalue weighted by atomic mass is 32.2. The van der Waals surface area contributed by atoms with Gasteiger partial charge < -0.3 is 0 Å². The number of fused-ring (bicyclic) bond motifs is 1. The number of hydrogen-bond acceptors (Lipinski definition) is 4. The van der Waals surface area contributed by atoms with E-state index in [9.17, 15) is 4.79 Å². The van der Waals surface area contributed by atoms with Gasteiger partial charge in [0.25, 0.3) is 5.56 Å². The zero-order chi connectivity index (χ0) is 17.6. The minimum atomic E-state index is -0.0577. The van der Waals surface area contributed by atoms with Crippen LogP contribution < -0.4 is 5.56 Å². The number of hydrogen-bond donors (Lipinski definition) is 0. The fraction of sp³-hybridized carbons (Fsp3) is 0.250. The highest BCUT2D eigenvalue weighted by molar-refractivity contribution is 7.99. The molecule has 0 atom stereocenters. The highest BCUT2D eigenvalue weighted by Crippen LogP contribution is 2.22. The van der Waals surface area contributed by atoms with Crippen molar-refractivity contribution in [3.8, 4) is 11.8 Å². The number of nitriles is 1. The lowest BCUT2D eigenvalue weighted by Gasteiger charge is -2.13. The van der Waals surface area contributed by atoms with Crippen LogP contribution in [0.15, 0.2) is 58.5 Å². The molecule has 0 aliphatic rings. The molecule has 5 heteroatoms. The summed E-state index contributed by atoms with van der Waals surface area (Å²) in [6.45, 7) is 2.11. The zero-order valence-electron chi connectivity index (χ0n) is 14.1. The molecule has 0 saturated heterocycles. The molecule has 0 aliphatic carbocycles. The minimum Gasteiger partial charge on any atom is -0.268 e. The molecule has 1 aromatic heterocycles. The number of aryl methyl sites for hydroxylation is 1. The summed E-state index contributed by atoms with van der Waals surface area (Å²) in [6.07, 6.45) is 2.25. The number of unbranched alkanes of at least 4 members (excludes halogenated alkanes) is 1. The van der Waals surface area contributed by atoms with E-state index >= 15 is 0 Å². The lowest BCUT2D eigenvalue weighted by molar-refractivity contribution is 0.816. The first kappa shape index (κ1) is 17.2. The molecule has 0 spiro atoms. The Hall–Kier alpha value is -2.58. The second-order valence-electron chi connectivity index (χ2n) is 5.68. The van der Waals surface area contributed by atoms with Crippen molar-refractivity contribution in [2.45, 2.75) is 31.3 Å². The second-order valence-corrected chi connectivity index (χ2v) is 6.74. The first-order chi connectivity index (χ1) is 12.2. The van der Waals surface area contributed by atoms with Gasteiger partial charge in [-0.2, -0.15) is 5.26 Å². The Morgan fingerprint density at radius 1 is 1.16 bits per heavy atom. The first-order valence-electron chi connectivity index (χ1n) is 8.35. The molecular formula is C20H19N3OS. The van der Waals surface area contributed by atoms with E-state index in [1.165, 1.54) is 17.3 Å². The monoisotopic (exact) mass is 349 g/mol. The summed E-state index contributed by atoms with van der Waals surface area (Å²) in [7, 11) is 0. The maximum atomic E-state index is 13.1. The number of benzene rings is 2. The Balaban J connectivity index is 2.10. The number of para-hydroxylation sites is 1. The Bertz CT molecular complexity index is 971. The molecule has 4 nitrogen and oxygen atoms in total. The predicted molar refractivity (Wildman–Crippen MR) is 102 cm³/mol. The highest BCUT2D eigenvalue weighted by Gasteiger charge is 2.13. The van der Waals surface area contributed by atoms with Crippen molar-refractivity contribution in [3.05, 3.63) is 64.4 Å². The molecule has 1 heterocycles. The van der Waals surface area contributed by atoms with Crippen molar-refractivity contribution < 1.29 is 0 Å². The van der Waals surface area contributed by atoms with Crippen molar-refractivity contribution in [2.75, 3.05) is 5.75 Å². The van der Waals surface area contributed by atoms with Crippen LogP contribution in [0, 0.1) is 11.3 Å². The summed E-state index contributed by atoms with van der Waals surface area (Å²) in [5.41, 5.74) is 2.70. The Morgan fingerprint density at radius 3 is 2.64 bits per heavy atom. The maximum Gasteiger partial charge on any atom is 0.266 e. The molecule has 126 valence electrons. The van der Waals surface area contributed by atoms with Gasteiger partial charge in [-0.15, -0.1) is 0 Å². The fourth-order valence-electron chi connectivity index (χ4n) is 2.63. The maximum absolute atomic E-state index is 13.1. The van der Waals surface area contributed by atoms with E-state index in [4.69, 9.17) is 10.2 Å². The van der Waals surface area contributed by atoms with Crippen LogP contribution in [0.25, 0.3) is 16.6 Å². The van der Waals surface area contributed by atoms with Gasteiger partial charge in [0, 0.05) is 12.2 Å². The van der Waals surface area contributed by atoms with Gasteiger partial charge in [0.1, 0.15) is 0 Å². The van der Waals surface area contributed by atoms with E-state index in [2.05, 4.69) is 13.0 Å². The molecule has 0 bridgehead atoms. The Kier molecular flexibility index (Phi) is 5.52. The number of rotatable bonds is 6. The SMILES string of the molecule is CCc1ccc(-n2c(SCCCC#N)nc3ccccc3c2=O)cc1. The second kappa shape index (κ2) is 8.00. The van der Waals surface area contributed by atoms with Gasteiger partial charge in [0.2, 0.25) is 0 Å². The first-order valence-corrected chi connectivity index (χ1v) is 9.34. The van der Waals surface area contributed by atoms with Crippen LogP contribution >= 0.6 is 11.8 Å². The third kappa shape index (κ3) is 3.75. The van der Waals surface area contributed by atoms with Gasteiger partial charge >= 0.3 is 0 Å². The van der Waals surface area contributed by atoms with E-state index in [1.54, 1.807) is 4.57 Å². The van der Waals surface area contributed by atoms with Gasteiger partial charge in [0.05, 0.1) is 22.7 Å². The quantitative estimate of drug-likeness (QED) is 0.377. The van der Waals surface area contributed by atoms with Crippen molar-refractivity contribution >= 4 is 22.7 Å². The molecule has 0 aliphatic heterocycles. The topological polar surface area (TPSA) is 58.7 Å². The molecule has 0 N–H and O–H groups in total. The number of aromatic nitrogens is 2. The largest absolute Gasteiger partial charge is 0.268 e. The van der Waals surface area contributed by atoms with E-state index in [0.717, 1.165) is 24.3 Å². The van der Waals surface area contributed by atoms with Crippen LogP contribution in [0.5, 0.6) is 0 Å². The summed E-state index contributed by atoms with van der Waals surface area (Å²) >= 11 is 1.52. The predicted octanol–water partition coefficient (Wildman–Crippen LogP) is 4.34. The lowest BCUT2D eigenvalue weighted by Crippen LogP contribution is -2.21. The molecule has 0 unspecified atom stereocenters. The molecule has 0 amide bonds. The van der Waals surface area contributed by atoms with Crippen LogP contribution in [0.1, 0.15) is 25.3 Å². The van der Waals surface area contributed by atoms with E-state index in [-0.39, 0.29) is 5.56 Å². The summed E-state index contributed by atoms with van der Waals surface area (Å²) in [4.78, 5) is 17.7. The number of nitrogens with zero attached hydrogens (tertiary/aromatic N) is 3. The molecule has 0 saturated carbocycles. The van der Waals surface area contributed by atoms with E-state index in [1.807, 2.05) is 48.5 Å². The fourth-order valence-corrected chi connectivity index (χ4v) is 3.58. The average Bonchev–Trinajstić information content (AvgIpc) is 2.66. The van der Waals surface area contributed by atoms with Crippen molar-refractivity contribution in [2.24, 2.45) is 0 Å². The van der Waals surface area contributed by atoms with Crippen LogP contribution in [0.4, 0.5) is 0 Å². The average molecular weight is 349 g/mol. The molecule has 0 radical (unpaired) electrons. The van der Waals surface area contributed by atoms with Gasteiger partial charge in [-0.25, -0.2) is 4.98 Å². The summed E-state index contributed by atoms with van der Waals surface area (Å²) < 4.78 is 1.68. The van der Waals surface area contributed by atoms with Crippen LogP contribution in [0.3, 0.4) is 0 Å². The molecule has 3 aromatic rings. The molecule has 25 heavy (non-hydrogen) atoms. The van der Waals surface area contributed by atoms with Crippen molar-refractivity contribution in [1.29, 1.82) is 5.26 Å². The van der Waals surface area contributed by atoms with E-state index < -0.39 is 0 Å². The Labute approximate surface area is 151 Å².